The van der Waals surface area contributed by atoms with E-state index >= 15 is 0 Å². The molecule has 1 heteroatoms. The first kappa shape index (κ1) is 13.3. The summed E-state index contributed by atoms with van der Waals surface area (Å²) in [5.74, 6) is 1.62. The molecule has 0 bridgehead atoms. The smallest absolute Gasteiger partial charge is 0.166 e. The van der Waals surface area contributed by atoms with Gasteiger partial charge >= 0.3 is 0 Å². The van der Waals surface area contributed by atoms with Crippen LogP contribution >= 0.6 is 0 Å². The zero-order chi connectivity index (χ0) is 13.3. The Bertz CT molecular complexity index is 439. The van der Waals surface area contributed by atoms with Crippen molar-refractivity contribution in [3.8, 4) is 0 Å². The lowest BCUT2D eigenvalue weighted by Gasteiger charge is -2.26. The summed E-state index contributed by atoms with van der Waals surface area (Å²) in [4.78, 5) is 12.4. The average molecular weight is 244 g/mol. The molecule has 98 valence electrons. The van der Waals surface area contributed by atoms with E-state index in [-0.39, 0.29) is 0 Å². The second kappa shape index (κ2) is 5.26. The molecule has 0 amide bonds. The van der Waals surface area contributed by atoms with Crippen molar-refractivity contribution in [3.05, 3.63) is 34.9 Å². The van der Waals surface area contributed by atoms with E-state index in [4.69, 9.17) is 0 Å². The lowest BCUT2D eigenvalue weighted by Crippen LogP contribution is -2.23. The highest BCUT2D eigenvalue weighted by Crippen LogP contribution is 2.33. The van der Waals surface area contributed by atoms with Crippen LogP contribution < -0.4 is 0 Å². The van der Waals surface area contributed by atoms with Crippen LogP contribution in [0.3, 0.4) is 0 Å². The van der Waals surface area contributed by atoms with Crippen molar-refractivity contribution in [1.82, 2.24) is 0 Å². The van der Waals surface area contributed by atoms with Crippen LogP contribution in [-0.2, 0) is 0 Å². The van der Waals surface area contributed by atoms with Crippen molar-refractivity contribution in [1.29, 1.82) is 0 Å². The molecule has 0 saturated heterocycles. The molecular formula is C17H24O. The topological polar surface area (TPSA) is 17.1 Å². The lowest BCUT2D eigenvalue weighted by atomic mass is 9.77. The van der Waals surface area contributed by atoms with Crippen LogP contribution in [0.2, 0.25) is 0 Å². The zero-order valence-corrected chi connectivity index (χ0v) is 12.0. The molecule has 0 heterocycles. The van der Waals surface area contributed by atoms with Gasteiger partial charge in [-0.3, -0.25) is 4.79 Å². The summed E-state index contributed by atoms with van der Waals surface area (Å²) in [5, 5.41) is 0. The Hall–Kier alpha value is -1.11. The molecule has 1 aliphatic carbocycles. The zero-order valence-electron chi connectivity index (χ0n) is 12.0. The minimum absolute atomic E-state index is 0.299. The summed E-state index contributed by atoms with van der Waals surface area (Å²) in [6.45, 7) is 8.76. The van der Waals surface area contributed by atoms with Gasteiger partial charge in [0, 0.05) is 11.5 Å². The third-order valence-corrected chi connectivity index (χ3v) is 4.11. The molecule has 0 unspecified atom stereocenters. The molecule has 1 aromatic rings. The monoisotopic (exact) mass is 244 g/mol. The summed E-state index contributed by atoms with van der Waals surface area (Å²) in [6, 6.07) is 6.43. The normalized spacial score (nSPS) is 16.1. The van der Waals surface area contributed by atoms with Crippen molar-refractivity contribution in [2.45, 2.75) is 58.8 Å². The van der Waals surface area contributed by atoms with E-state index in [0.717, 1.165) is 18.4 Å². The minimum Gasteiger partial charge on any atom is -0.294 e. The van der Waals surface area contributed by atoms with E-state index in [1.807, 2.05) is 0 Å². The number of Topliss-reactive ketones (excluding diaryl/α,β-unsaturated/α-hetero) is 1. The van der Waals surface area contributed by atoms with Crippen LogP contribution in [0.1, 0.15) is 80.3 Å². The second-order valence-electron chi connectivity index (χ2n) is 6.15. The number of hydrogen-bond acceptors (Lipinski definition) is 1. The van der Waals surface area contributed by atoms with Gasteiger partial charge in [0.1, 0.15) is 0 Å². The molecule has 0 N–H and O–H groups in total. The Morgan fingerprint density at radius 3 is 2.22 bits per heavy atom. The molecule has 0 aromatic heterocycles. The van der Waals surface area contributed by atoms with Crippen molar-refractivity contribution < 1.29 is 4.79 Å². The van der Waals surface area contributed by atoms with Crippen LogP contribution in [0.15, 0.2) is 18.2 Å². The van der Waals surface area contributed by atoms with Gasteiger partial charge in [0.25, 0.3) is 0 Å². The van der Waals surface area contributed by atoms with Gasteiger partial charge in [-0.25, -0.2) is 0 Å². The summed E-state index contributed by atoms with van der Waals surface area (Å²) >= 11 is 0. The Kier molecular flexibility index (Phi) is 3.89. The molecule has 2 rings (SSSR count). The molecule has 1 aromatic carbocycles. The largest absolute Gasteiger partial charge is 0.294 e. The quantitative estimate of drug-likeness (QED) is 0.687. The van der Waals surface area contributed by atoms with Gasteiger partial charge in [0.2, 0.25) is 0 Å². The maximum atomic E-state index is 12.4. The fourth-order valence-corrected chi connectivity index (χ4v) is 2.53. The number of carbonyl (C=O) groups excluding carboxylic acids is 1. The van der Waals surface area contributed by atoms with Gasteiger partial charge in [-0.15, -0.1) is 0 Å². The number of ketones is 1. The van der Waals surface area contributed by atoms with Crippen LogP contribution in [0.5, 0.6) is 0 Å². The third-order valence-electron chi connectivity index (χ3n) is 4.11. The Labute approximate surface area is 111 Å². The summed E-state index contributed by atoms with van der Waals surface area (Å²) < 4.78 is 0. The molecule has 0 aliphatic heterocycles. The highest BCUT2D eigenvalue weighted by atomic mass is 16.1. The van der Waals surface area contributed by atoms with E-state index in [0.29, 0.717) is 23.5 Å². The maximum absolute atomic E-state index is 12.4. The molecule has 1 nitrogen and oxygen atoms in total. The van der Waals surface area contributed by atoms with Gasteiger partial charge in [0.05, 0.1) is 0 Å². The van der Waals surface area contributed by atoms with E-state index in [9.17, 15) is 4.79 Å². The van der Waals surface area contributed by atoms with Gasteiger partial charge < -0.3 is 0 Å². The van der Waals surface area contributed by atoms with Gasteiger partial charge in [-0.05, 0) is 35.8 Å². The van der Waals surface area contributed by atoms with E-state index in [1.165, 1.54) is 17.5 Å². The average Bonchev–Trinajstić information content (AvgIpc) is 2.25. The molecule has 1 saturated carbocycles. The molecule has 0 radical (unpaired) electrons. The van der Waals surface area contributed by atoms with Gasteiger partial charge in [-0.1, -0.05) is 52.3 Å². The summed E-state index contributed by atoms with van der Waals surface area (Å²) in [5.41, 5.74) is 3.54. The van der Waals surface area contributed by atoms with E-state index in [1.54, 1.807) is 0 Å². The predicted molar refractivity (Wildman–Crippen MR) is 76.3 cm³/mol. The number of benzene rings is 1. The fraction of sp³-hybridized carbons (Fsp3) is 0.588. The number of rotatable bonds is 4. The molecule has 1 fully saturated rings. The van der Waals surface area contributed by atoms with Crippen molar-refractivity contribution >= 4 is 5.78 Å². The summed E-state index contributed by atoms with van der Waals surface area (Å²) in [7, 11) is 0. The Morgan fingerprint density at radius 2 is 1.78 bits per heavy atom. The highest BCUT2D eigenvalue weighted by Gasteiger charge is 2.28. The molecular weight excluding hydrogens is 220 g/mol. The lowest BCUT2D eigenvalue weighted by molar-refractivity contribution is 0.0854. The number of hydrogen-bond donors (Lipinski definition) is 0. The first-order valence-corrected chi connectivity index (χ1v) is 7.18. The first-order valence-electron chi connectivity index (χ1n) is 7.18. The van der Waals surface area contributed by atoms with Crippen LogP contribution in [-0.4, -0.2) is 5.78 Å². The molecule has 0 spiro atoms. The third kappa shape index (κ3) is 2.50. The first-order chi connectivity index (χ1) is 8.50. The van der Waals surface area contributed by atoms with E-state index < -0.39 is 0 Å². The molecule has 0 atom stereocenters. The standard InChI is InChI=1S/C17H24O/c1-11(2)14-8-9-15(16(10-14)12(3)4)17(18)13-6-5-7-13/h8-13H,5-7H2,1-4H3. The van der Waals surface area contributed by atoms with Gasteiger partial charge in [0.15, 0.2) is 5.78 Å². The van der Waals surface area contributed by atoms with Crippen molar-refractivity contribution in [2.75, 3.05) is 0 Å². The van der Waals surface area contributed by atoms with E-state index in [2.05, 4.69) is 45.9 Å². The fourth-order valence-electron chi connectivity index (χ4n) is 2.53. The molecule has 18 heavy (non-hydrogen) atoms. The van der Waals surface area contributed by atoms with Crippen LogP contribution in [0, 0.1) is 5.92 Å². The Morgan fingerprint density at radius 1 is 1.11 bits per heavy atom. The summed E-state index contributed by atoms with van der Waals surface area (Å²) in [6.07, 6.45) is 3.39. The van der Waals surface area contributed by atoms with Gasteiger partial charge in [-0.2, -0.15) is 0 Å². The van der Waals surface area contributed by atoms with Crippen LogP contribution in [0.25, 0.3) is 0 Å². The van der Waals surface area contributed by atoms with Crippen molar-refractivity contribution in [3.63, 3.8) is 0 Å². The second-order valence-corrected chi connectivity index (χ2v) is 6.15. The van der Waals surface area contributed by atoms with Crippen LogP contribution in [0.4, 0.5) is 0 Å². The molecule has 1 aliphatic rings. The number of carbonyl (C=O) groups is 1. The maximum Gasteiger partial charge on any atom is 0.166 e. The highest BCUT2D eigenvalue weighted by molar-refractivity contribution is 5.99. The van der Waals surface area contributed by atoms with Crippen molar-refractivity contribution in [2.24, 2.45) is 5.92 Å². The SMILES string of the molecule is CC(C)c1ccc(C(=O)C2CCC2)c(C(C)C)c1. The minimum atomic E-state index is 0.299. The predicted octanol–water partition coefficient (Wildman–Crippen LogP) is 4.92. The Balaban J connectivity index is 2.36.